The fourth-order valence-corrected chi connectivity index (χ4v) is 4.44. The van der Waals surface area contributed by atoms with Gasteiger partial charge in [0, 0.05) is 13.1 Å². The van der Waals surface area contributed by atoms with Crippen LogP contribution in [0, 0.1) is 12.8 Å². The first-order valence-electron chi connectivity index (χ1n) is 7.75. The van der Waals surface area contributed by atoms with E-state index in [1.54, 1.807) is 16.4 Å². The van der Waals surface area contributed by atoms with Gasteiger partial charge < -0.3 is 0 Å². The lowest BCUT2D eigenvalue weighted by Gasteiger charge is -2.16. The molecule has 0 saturated carbocycles. The van der Waals surface area contributed by atoms with Gasteiger partial charge in [0.2, 0.25) is 10.0 Å². The quantitative estimate of drug-likeness (QED) is 0.807. The summed E-state index contributed by atoms with van der Waals surface area (Å²) in [6.07, 6.45) is 0.833. The zero-order valence-corrected chi connectivity index (χ0v) is 14.1. The van der Waals surface area contributed by atoms with Gasteiger partial charge in [-0.3, -0.25) is 0 Å². The van der Waals surface area contributed by atoms with Crippen LogP contribution in [-0.2, 0) is 16.4 Å². The minimum absolute atomic E-state index is 0.178. The van der Waals surface area contributed by atoms with Crippen LogP contribution in [0.4, 0.5) is 0 Å². The van der Waals surface area contributed by atoms with E-state index in [0.29, 0.717) is 18.0 Å². The molecule has 23 heavy (non-hydrogen) atoms. The summed E-state index contributed by atoms with van der Waals surface area (Å²) in [4.78, 5) is 0.358. The molecule has 1 aliphatic rings. The smallest absolute Gasteiger partial charge is 0.207 e. The number of hydrogen-bond acceptors (Lipinski definition) is 2. The third-order valence-electron chi connectivity index (χ3n) is 4.36. The Hall–Kier alpha value is -1.91. The van der Waals surface area contributed by atoms with Crippen molar-refractivity contribution in [1.82, 2.24) is 4.31 Å². The highest BCUT2D eigenvalue weighted by Crippen LogP contribution is 2.29. The van der Waals surface area contributed by atoms with E-state index < -0.39 is 10.0 Å². The topological polar surface area (TPSA) is 37.4 Å². The maximum Gasteiger partial charge on any atom is 0.243 e. The van der Waals surface area contributed by atoms with Gasteiger partial charge in [-0.2, -0.15) is 4.31 Å². The summed E-state index contributed by atoms with van der Waals surface area (Å²) in [5.74, 6) is 0.178. The lowest BCUT2D eigenvalue weighted by atomic mass is 9.96. The predicted octanol–water partition coefficient (Wildman–Crippen LogP) is 3.41. The van der Waals surface area contributed by atoms with E-state index in [0.717, 1.165) is 17.6 Å². The van der Waals surface area contributed by atoms with Crippen molar-refractivity contribution in [1.29, 1.82) is 0 Å². The zero-order valence-electron chi connectivity index (χ0n) is 13.3. The third kappa shape index (κ3) is 3.38. The summed E-state index contributed by atoms with van der Waals surface area (Å²) >= 11 is 0. The Morgan fingerprint density at radius 1 is 1.09 bits per heavy atom. The summed E-state index contributed by atoms with van der Waals surface area (Å²) in [6.45, 7) is 6.96. The van der Waals surface area contributed by atoms with E-state index in [1.165, 1.54) is 5.56 Å². The molecule has 3 nitrogen and oxygen atoms in total. The Balaban J connectivity index is 1.77. The first kappa shape index (κ1) is 16.0. The van der Waals surface area contributed by atoms with Crippen molar-refractivity contribution in [3.8, 4) is 0 Å². The molecule has 1 atom stereocenters. The normalized spacial score (nSPS) is 19.2. The fourth-order valence-electron chi connectivity index (χ4n) is 2.94. The molecule has 0 amide bonds. The van der Waals surface area contributed by atoms with Gasteiger partial charge in [-0.05, 0) is 37.0 Å². The van der Waals surface area contributed by atoms with E-state index in [4.69, 9.17) is 0 Å². The van der Waals surface area contributed by atoms with Gasteiger partial charge in [-0.1, -0.05) is 60.2 Å². The van der Waals surface area contributed by atoms with Gasteiger partial charge >= 0.3 is 0 Å². The minimum Gasteiger partial charge on any atom is -0.207 e. The molecule has 120 valence electrons. The fraction of sp³-hybridized carbons (Fsp3) is 0.263. The van der Waals surface area contributed by atoms with Gasteiger partial charge in [0.05, 0.1) is 4.90 Å². The van der Waals surface area contributed by atoms with Gasteiger partial charge in [-0.15, -0.1) is 0 Å². The number of rotatable bonds is 4. The monoisotopic (exact) mass is 327 g/mol. The molecule has 2 aromatic carbocycles. The Labute approximate surface area is 138 Å². The molecule has 1 heterocycles. The van der Waals surface area contributed by atoms with Crippen molar-refractivity contribution >= 4 is 10.0 Å². The van der Waals surface area contributed by atoms with Crippen molar-refractivity contribution < 1.29 is 8.42 Å². The molecule has 0 N–H and O–H groups in total. The molecule has 0 aromatic heterocycles. The van der Waals surface area contributed by atoms with Crippen molar-refractivity contribution in [2.45, 2.75) is 18.2 Å². The Morgan fingerprint density at radius 2 is 1.74 bits per heavy atom. The lowest BCUT2D eigenvalue weighted by Crippen LogP contribution is -2.29. The summed E-state index contributed by atoms with van der Waals surface area (Å²) < 4.78 is 27.1. The molecular weight excluding hydrogens is 306 g/mol. The van der Waals surface area contributed by atoms with Crippen LogP contribution in [0.15, 0.2) is 71.6 Å². The Bertz CT molecular complexity index is 795. The van der Waals surface area contributed by atoms with Gasteiger partial charge in [0.1, 0.15) is 0 Å². The maximum atomic E-state index is 12.8. The minimum atomic E-state index is -3.44. The van der Waals surface area contributed by atoms with E-state index in [1.807, 2.05) is 37.3 Å². The van der Waals surface area contributed by atoms with Crippen molar-refractivity contribution in [3.63, 3.8) is 0 Å². The first-order valence-corrected chi connectivity index (χ1v) is 9.19. The summed E-state index contributed by atoms with van der Waals surface area (Å²) in [5, 5.41) is 0. The Morgan fingerprint density at radius 3 is 2.39 bits per heavy atom. The average Bonchev–Trinajstić information content (AvgIpc) is 2.90. The van der Waals surface area contributed by atoms with E-state index >= 15 is 0 Å². The second-order valence-corrected chi connectivity index (χ2v) is 8.09. The van der Waals surface area contributed by atoms with Gasteiger partial charge in [0.15, 0.2) is 0 Å². The lowest BCUT2D eigenvalue weighted by molar-refractivity contribution is 0.456. The highest BCUT2D eigenvalue weighted by molar-refractivity contribution is 7.89. The molecule has 0 spiro atoms. The van der Waals surface area contributed by atoms with Crippen LogP contribution < -0.4 is 0 Å². The molecule has 0 bridgehead atoms. The van der Waals surface area contributed by atoms with Crippen LogP contribution >= 0.6 is 0 Å². The SMILES string of the molecule is C=C1CN(S(=O)(=O)c2ccc(C)cc2)CC1Cc1ccccc1. The summed E-state index contributed by atoms with van der Waals surface area (Å²) in [6, 6.07) is 17.2. The van der Waals surface area contributed by atoms with E-state index in [2.05, 4.69) is 18.7 Å². The molecule has 1 unspecified atom stereocenters. The number of aryl methyl sites for hydroxylation is 1. The van der Waals surface area contributed by atoms with Crippen LogP contribution in [0.5, 0.6) is 0 Å². The van der Waals surface area contributed by atoms with Crippen molar-refractivity contribution in [2.24, 2.45) is 5.92 Å². The van der Waals surface area contributed by atoms with Crippen LogP contribution in [0.1, 0.15) is 11.1 Å². The maximum absolute atomic E-state index is 12.8. The second-order valence-electron chi connectivity index (χ2n) is 6.16. The average molecular weight is 327 g/mol. The number of hydrogen-bond donors (Lipinski definition) is 0. The molecule has 0 aliphatic carbocycles. The van der Waals surface area contributed by atoms with Crippen molar-refractivity contribution in [2.75, 3.05) is 13.1 Å². The number of benzene rings is 2. The Kier molecular flexibility index (Phi) is 4.37. The van der Waals surface area contributed by atoms with Crippen LogP contribution in [-0.4, -0.2) is 25.8 Å². The predicted molar refractivity (Wildman–Crippen MR) is 92.7 cm³/mol. The van der Waals surface area contributed by atoms with E-state index in [-0.39, 0.29) is 5.92 Å². The molecule has 1 aliphatic heterocycles. The summed E-state index contributed by atoms with van der Waals surface area (Å²) in [7, 11) is -3.44. The van der Waals surface area contributed by atoms with Crippen LogP contribution in [0.25, 0.3) is 0 Å². The molecule has 2 aromatic rings. The molecule has 4 heteroatoms. The third-order valence-corrected chi connectivity index (χ3v) is 6.19. The molecular formula is C19H21NO2S. The standard InChI is InChI=1S/C19H21NO2S/c1-15-8-10-19(11-9-15)23(21,22)20-13-16(2)18(14-20)12-17-6-4-3-5-7-17/h3-11,18H,2,12-14H2,1H3. The number of sulfonamides is 1. The second kappa shape index (κ2) is 6.30. The van der Waals surface area contributed by atoms with Crippen molar-refractivity contribution in [3.05, 3.63) is 77.9 Å². The van der Waals surface area contributed by atoms with Gasteiger partial charge in [0.25, 0.3) is 0 Å². The summed E-state index contributed by atoms with van der Waals surface area (Å²) in [5.41, 5.74) is 3.26. The molecule has 1 fully saturated rings. The highest BCUT2D eigenvalue weighted by Gasteiger charge is 2.34. The van der Waals surface area contributed by atoms with Crippen LogP contribution in [0.3, 0.4) is 0 Å². The highest BCUT2D eigenvalue weighted by atomic mass is 32.2. The van der Waals surface area contributed by atoms with Crippen LogP contribution in [0.2, 0.25) is 0 Å². The number of nitrogens with zero attached hydrogens (tertiary/aromatic N) is 1. The molecule has 1 saturated heterocycles. The first-order chi connectivity index (χ1) is 11.0. The molecule has 0 radical (unpaired) electrons. The largest absolute Gasteiger partial charge is 0.243 e. The zero-order chi connectivity index (χ0) is 16.4. The van der Waals surface area contributed by atoms with Gasteiger partial charge in [-0.25, -0.2) is 8.42 Å². The molecule has 3 rings (SSSR count). The van der Waals surface area contributed by atoms with E-state index in [9.17, 15) is 8.42 Å².